The highest BCUT2D eigenvalue weighted by Crippen LogP contribution is 2.33. The Balaban J connectivity index is 1.35. The van der Waals surface area contributed by atoms with E-state index < -0.39 is 0 Å². The number of pyridine rings is 1. The van der Waals surface area contributed by atoms with E-state index in [1.54, 1.807) is 12.3 Å². The maximum Gasteiger partial charge on any atom is 0.165 e. The first-order chi connectivity index (χ1) is 13.1. The van der Waals surface area contributed by atoms with Gasteiger partial charge in [0, 0.05) is 48.0 Å². The minimum Gasteiger partial charge on any atom is -0.377 e. The van der Waals surface area contributed by atoms with Crippen molar-refractivity contribution >= 4 is 17.2 Å². The van der Waals surface area contributed by atoms with Crippen LogP contribution in [0.15, 0.2) is 30.5 Å². The summed E-state index contributed by atoms with van der Waals surface area (Å²) in [5.41, 5.74) is -0.266. The molecule has 4 heterocycles. The molecule has 2 aliphatic rings. The number of anilines is 1. The molecule has 0 amide bonds. The SMILES string of the molecule is Cc1ccc(CN2CCOC[C@@]3(C[C@@H](CNc4ncccc4F)CO3)C2)s1. The van der Waals surface area contributed by atoms with Crippen molar-refractivity contribution in [2.75, 3.05) is 44.8 Å². The molecule has 1 N–H and O–H groups in total. The lowest BCUT2D eigenvalue weighted by atomic mass is 9.94. The monoisotopic (exact) mass is 391 g/mol. The van der Waals surface area contributed by atoms with Crippen molar-refractivity contribution in [1.29, 1.82) is 0 Å². The van der Waals surface area contributed by atoms with E-state index in [0.29, 0.717) is 31.5 Å². The summed E-state index contributed by atoms with van der Waals surface area (Å²) in [7, 11) is 0. The van der Waals surface area contributed by atoms with Gasteiger partial charge in [-0.1, -0.05) is 0 Å². The smallest absolute Gasteiger partial charge is 0.165 e. The number of nitrogens with zero attached hydrogens (tertiary/aromatic N) is 2. The summed E-state index contributed by atoms with van der Waals surface area (Å²) in [5, 5.41) is 3.13. The van der Waals surface area contributed by atoms with Gasteiger partial charge in [-0.15, -0.1) is 11.3 Å². The van der Waals surface area contributed by atoms with E-state index in [-0.39, 0.29) is 11.4 Å². The molecule has 2 aromatic rings. The van der Waals surface area contributed by atoms with Crippen LogP contribution >= 0.6 is 11.3 Å². The van der Waals surface area contributed by atoms with E-state index in [2.05, 4.69) is 34.3 Å². The first-order valence-electron chi connectivity index (χ1n) is 9.46. The second-order valence-corrected chi connectivity index (χ2v) is 8.93. The Labute approximate surface area is 163 Å². The van der Waals surface area contributed by atoms with Crippen molar-refractivity contribution in [2.45, 2.75) is 25.5 Å². The zero-order chi connectivity index (χ0) is 18.7. The summed E-state index contributed by atoms with van der Waals surface area (Å²) in [5.74, 6) is 0.311. The predicted octanol–water partition coefficient (Wildman–Crippen LogP) is 3.31. The number of ether oxygens (including phenoxy) is 2. The molecule has 2 aromatic heterocycles. The van der Waals surface area contributed by atoms with Crippen molar-refractivity contribution in [3.8, 4) is 0 Å². The van der Waals surface area contributed by atoms with Crippen molar-refractivity contribution in [3.63, 3.8) is 0 Å². The fraction of sp³-hybridized carbons (Fsp3) is 0.550. The van der Waals surface area contributed by atoms with Gasteiger partial charge < -0.3 is 14.8 Å². The summed E-state index contributed by atoms with van der Waals surface area (Å²) >= 11 is 1.85. The highest BCUT2D eigenvalue weighted by Gasteiger charge is 2.43. The zero-order valence-electron chi connectivity index (χ0n) is 15.6. The van der Waals surface area contributed by atoms with Crippen LogP contribution in [0.5, 0.6) is 0 Å². The Hall–Kier alpha value is -1.54. The molecule has 0 unspecified atom stereocenters. The molecule has 0 saturated carbocycles. The highest BCUT2D eigenvalue weighted by atomic mass is 32.1. The second kappa shape index (κ2) is 8.22. The van der Waals surface area contributed by atoms with E-state index in [0.717, 1.165) is 32.7 Å². The minimum absolute atomic E-state index is 0.266. The van der Waals surface area contributed by atoms with Crippen molar-refractivity contribution in [1.82, 2.24) is 9.88 Å². The van der Waals surface area contributed by atoms with E-state index in [9.17, 15) is 4.39 Å². The molecular formula is C20H26FN3O2S. The molecule has 7 heteroatoms. The van der Waals surface area contributed by atoms with Gasteiger partial charge in [-0.05, 0) is 37.6 Å². The number of rotatable bonds is 5. The van der Waals surface area contributed by atoms with Gasteiger partial charge in [-0.3, -0.25) is 4.90 Å². The number of aryl methyl sites for hydroxylation is 1. The van der Waals surface area contributed by atoms with Gasteiger partial charge in [0.1, 0.15) is 5.60 Å². The quantitative estimate of drug-likeness (QED) is 0.847. The molecule has 4 rings (SSSR count). The fourth-order valence-electron chi connectivity index (χ4n) is 3.95. The zero-order valence-corrected chi connectivity index (χ0v) is 16.4. The second-order valence-electron chi connectivity index (χ2n) is 7.55. The molecule has 5 nitrogen and oxygen atoms in total. The normalized spacial score (nSPS) is 26.4. The van der Waals surface area contributed by atoms with Crippen LogP contribution in [0.3, 0.4) is 0 Å². The lowest BCUT2D eigenvalue weighted by Gasteiger charge is -2.31. The van der Waals surface area contributed by atoms with Gasteiger partial charge in [0.15, 0.2) is 11.6 Å². The van der Waals surface area contributed by atoms with Crippen LogP contribution in [0.1, 0.15) is 16.2 Å². The number of thiophene rings is 1. The standard InChI is InChI=1S/C20H26FN3O2S/c1-15-4-5-17(27-15)11-24-7-8-25-14-20(13-24)9-16(12-26-20)10-23-19-18(21)3-2-6-22-19/h2-6,16H,7-14H2,1H3,(H,22,23)/t16-,20+/m0/s1. The molecule has 1 spiro atoms. The third-order valence-corrected chi connectivity index (χ3v) is 6.19. The Kier molecular flexibility index (Phi) is 5.73. The van der Waals surface area contributed by atoms with Crippen LogP contribution in [0, 0.1) is 18.7 Å². The van der Waals surface area contributed by atoms with Crippen molar-refractivity contribution < 1.29 is 13.9 Å². The summed E-state index contributed by atoms with van der Waals surface area (Å²) in [4.78, 5) is 9.22. The van der Waals surface area contributed by atoms with Gasteiger partial charge in [0.25, 0.3) is 0 Å². The maximum atomic E-state index is 13.7. The van der Waals surface area contributed by atoms with Gasteiger partial charge in [0.2, 0.25) is 0 Å². The molecule has 0 aliphatic carbocycles. The average molecular weight is 392 g/mol. The molecule has 0 radical (unpaired) electrons. The highest BCUT2D eigenvalue weighted by molar-refractivity contribution is 7.11. The summed E-state index contributed by atoms with van der Waals surface area (Å²) in [6.07, 6.45) is 2.51. The van der Waals surface area contributed by atoms with Crippen molar-refractivity contribution in [3.05, 3.63) is 46.0 Å². The summed E-state index contributed by atoms with van der Waals surface area (Å²) in [6, 6.07) is 7.41. The first kappa shape index (κ1) is 18.8. The molecule has 2 atom stereocenters. The molecule has 146 valence electrons. The number of hydrogen-bond acceptors (Lipinski definition) is 6. The Morgan fingerprint density at radius 2 is 2.33 bits per heavy atom. The van der Waals surface area contributed by atoms with Crippen LogP contribution < -0.4 is 5.32 Å². The molecule has 2 saturated heterocycles. The Morgan fingerprint density at radius 3 is 3.15 bits per heavy atom. The van der Waals surface area contributed by atoms with Crippen LogP contribution in [-0.2, 0) is 16.0 Å². The van der Waals surface area contributed by atoms with Gasteiger partial charge >= 0.3 is 0 Å². The Morgan fingerprint density at radius 1 is 1.41 bits per heavy atom. The molecule has 2 fully saturated rings. The molecule has 2 aliphatic heterocycles. The van der Waals surface area contributed by atoms with Gasteiger partial charge in [-0.25, -0.2) is 9.37 Å². The number of nitrogens with one attached hydrogen (secondary N) is 1. The van der Waals surface area contributed by atoms with Crippen LogP contribution in [0.4, 0.5) is 10.2 Å². The molecule has 27 heavy (non-hydrogen) atoms. The minimum atomic E-state index is -0.318. The topological polar surface area (TPSA) is 46.6 Å². The lowest BCUT2D eigenvalue weighted by Crippen LogP contribution is -2.43. The van der Waals surface area contributed by atoms with Gasteiger partial charge in [-0.2, -0.15) is 0 Å². The lowest BCUT2D eigenvalue weighted by molar-refractivity contribution is -0.0561. The van der Waals surface area contributed by atoms with Crippen LogP contribution in [0.25, 0.3) is 0 Å². The Bertz CT molecular complexity index is 771. The molecular weight excluding hydrogens is 365 g/mol. The number of aromatic nitrogens is 1. The average Bonchev–Trinajstić information content (AvgIpc) is 3.18. The third kappa shape index (κ3) is 4.66. The van der Waals surface area contributed by atoms with E-state index in [1.807, 2.05) is 11.3 Å². The van der Waals surface area contributed by atoms with E-state index in [1.165, 1.54) is 15.8 Å². The van der Waals surface area contributed by atoms with E-state index in [4.69, 9.17) is 9.47 Å². The number of hydrogen-bond donors (Lipinski definition) is 1. The van der Waals surface area contributed by atoms with Crippen LogP contribution in [0.2, 0.25) is 0 Å². The first-order valence-corrected chi connectivity index (χ1v) is 10.3. The van der Waals surface area contributed by atoms with Gasteiger partial charge in [0.05, 0.1) is 19.8 Å². The number of halogens is 1. The molecule has 0 aromatic carbocycles. The summed E-state index contributed by atoms with van der Waals surface area (Å²) < 4.78 is 25.9. The molecule has 0 bridgehead atoms. The summed E-state index contributed by atoms with van der Waals surface area (Å²) in [6.45, 7) is 7.55. The fourth-order valence-corrected chi connectivity index (χ4v) is 4.88. The van der Waals surface area contributed by atoms with Crippen molar-refractivity contribution in [2.24, 2.45) is 5.92 Å². The predicted molar refractivity (Wildman–Crippen MR) is 105 cm³/mol. The third-order valence-electron chi connectivity index (χ3n) is 5.21. The largest absolute Gasteiger partial charge is 0.377 e. The van der Waals surface area contributed by atoms with E-state index >= 15 is 0 Å². The maximum absolute atomic E-state index is 13.7. The van der Waals surface area contributed by atoms with Crippen LogP contribution in [-0.4, -0.2) is 54.9 Å².